The van der Waals surface area contributed by atoms with E-state index in [4.69, 9.17) is 11.6 Å². The minimum Gasteiger partial charge on any atom is -1.00 e. The molecular formula is C14H12Cl2N10. The minimum absolute atomic E-state index is 0. The molecule has 0 bridgehead atoms. The van der Waals surface area contributed by atoms with E-state index in [1.165, 1.54) is 19.0 Å². The molecule has 0 unspecified atom stereocenters. The molecule has 5 aromatic heterocycles. The van der Waals surface area contributed by atoms with Gasteiger partial charge in [0.1, 0.15) is 30.6 Å². The molecule has 26 heavy (non-hydrogen) atoms. The first-order valence-corrected chi connectivity index (χ1v) is 7.57. The molecule has 0 fully saturated rings. The fraction of sp³-hybridized carbons (Fsp3) is 0.0714. The molecule has 0 aliphatic rings. The van der Waals surface area contributed by atoms with Crippen LogP contribution in [0.2, 0.25) is 5.15 Å². The van der Waals surface area contributed by atoms with E-state index in [0.29, 0.717) is 22.0 Å². The molecule has 0 amide bonds. The summed E-state index contributed by atoms with van der Waals surface area (Å²) >= 11 is 5.68. The summed E-state index contributed by atoms with van der Waals surface area (Å²) in [6, 6.07) is 0. The predicted octanol–water partition coefficient (Wildman–Crippen LogP) is -2.02. The largest absolute Gasteiger partial charge is 1.00 e. The standard InChI is InChI=1S/C9H9N6.C5H3ClN4.ClH/c1-14-2-3-15(6-14)9-7-8(11-4-10-7)12-5-13-9;6-4-3-5(9-1-7-3)10-2-8-4;/h2-6H,1H3,(H,10,11,12,13);1-2H,(H,7,8,9,10);1H/q+1;;/p-1. The van der Waals surface area contributed by atoms with Crippen molar-refractivity contribution < 1.29 is 17.0 Å². The lowest BCUT2D eigenvalue weighted by Crippen LogP contribution is -3.00. The van der Waals surface area contributed by atoms with Crippen LogP contribution in [0.25, 0.3) is 28.1 Å². The van der Waals surface area contributed by atoms with E-state index in [1.807, 2.05) is 34.9 Å². The summed E-state index contributed by atoms with van der Waals surface area (Å²) in [7, 11) is 1.96. The first kappa shape index (κ1) is 17.7. The van der Waals surface area contributed by atoms with Gasteiger partial charge in [-0.15, -0.1) is 0 Å². The van der Waals surface area contributed by atoms with Crippen LogP contribution in [0.4, 0.5) is 0 Å². The number of nitrogens with one attached hydrogen (secondary N) is 2. The van der Waals surface area contributed by atoms with Crippen LogP contribution in [0.1, 0.15) is 0 Å². The monoisotopic (exact) mass is 390 g/mol. The SMILES string of the molecule is C[n+]1ccn(-c2ncnc3nc[nH]c23)c1.Clc1ncnc2nc[nH]c12.[Cl-]. The summed E-state index contributed by atoms with van der Waals surface area (Å²) in [6.45, 7) is 0. The van der Waals surface area contributed by atoms with Gasteiger partial charge >= 0.3 is 0 Å². The number of aryl methyl sites for hydroxylation is 1. The maximum Gasteiger partial charge on any atom is 0.254 e. The summed E-state index contributed by atoms with van der Waals surface area (Å²) in [5, 5.41) is 0.405. The fourth-order valence-corrected chi connectivity index (χ4v) is 2.44. The second-order valence-corrected chi connectivity index (χ2v) is 5.41. The Bertz CT molecular complexity index is 1140. The van der Waals surface area contributed by atoms with Crippen molar-refractivity contribution in [2.24, 2.45) is 7.05 Å². The van der Waals surface area contributed by atoms with Gasteiger partial charge in [0.15, 0.2) is 22.0 Å². The Morgan fingerprint density at radius 1 is 0.923 bits per heavy atom. The van der Waals surface area contributed by atoms with Crippen molar-refractivity contribution in [3.8, 4) is 5.82 Å². The Hall–Kier alpha value is -3.11. The van der Waals surface area contributed by atoms with Gasteiger partial charge in [-0.1, -0.05) is 11.6 Å². The lowest BCUT2D eigenvalue weighted by atomic mass is 10.5. The van der Waals surface area contributed by atoms with E-state index >= 15 is 0 Å². The smallest absolute Gasteiger partial charge is 0.254 e. The van der Waals surface area contributed by atoms with Gasteiger partial charge in [-0.05, 0) is 0 Å². The number of rotatable bonds is 1. The molecule has 5 aromatic rings. The lowest BCUT2D eigenvalue weighted by Gasteiger charge is -1.94. The van der Waals surface area contributed by atoms with Crippen molar-refractivity contribution >= 4 is 33.9 Å². The van der Waals surface area contributed by atoms with Gasteiger partial charge in [0.2, 0.25) is 6.33 Å². The van der Waals surface area contributed by atoms with E-state index < -0.39 is 0 Å². The zero-order valence-electron chi connectivity index (χ0n) is 13.4. The van der Waals surface area contributed by atoms with Crippen molar-refractivity contribution in [2.45, 2.75) is 0 Å². The highest BCUT2D eigenvalue weighted by molar-refractivity contribution is 6.33. The maximum absolute atomic E-state index is 5.68. The third-order valence-corrected chi connectivity index (χ3v) is 3.68. The highest BCUT2D eigenvalue weighted by atomic mass is 35.5. The molecule has 0 atom stereocenters. The molecule has 10 nitrogen and oxygen atoms in total. The molecule has 0 saturated carbocycles. The van der Waals surface area contributed by atoms with Crippen molar-refractivity contribution in [2.75, 3.05) is 0 Å². The number of fused-ring (bicyclic) bond motifs is 2. The van der Waals surface area contributed by atoms with E-state index in [2.05, 4.69) is 39.9 Å². The second-order valence-electron chi connectivity index (χ2n) is 5.05. The number of halogens is 2. The zero-order chi connectivity index (χ0) is 17.2. The van der Waals surface area contributed by atoms with Crippen LogP contribution in [-0.4, -0.2) is 44.4 Å². The van der Waals surface area contributed by atoms with Crippen LogP contribution in [0.3, 0.4) is 0 Å². The Morgan fingerprint density at radius 2 is 1.58 bits per heavy atom. The van der Waals surface area contributed by atoms with E-state index in [-0.39, 0.29) is 12.4 Å². The third-order valence-electron chi connectivity index (χ3n) is 3.39. The third kappa shape index (κ3) is 3.32. The molecular weight excluding hydrogens is 379 g/mol. The number of aromatic amines is 2. The number of hydrogen-bond acceptors (Lipinski definition) is 6. The number of imidazole rings is 3. The molecule has 0 aliphatic carbocycles. The normalized spacial score (nSPS) is 10.4. The average Bonchev–Trinajstić information content (AvgIpc) is 3.35. The lowest BCUT2D eigenvalue weighted by molar-refractivity contribution is -0.670. The van der Waals surface area contributed by atoms with Crippen molar-refractivity contribution in [1.82, 2.24) is 44.4 Å². The number of hydrogen-bond donors (Lipinski definition) is 2. The number of nitrogens with zero attached hydrogens (tertiary/aromatic N) is 8. The highest BCUT2D eigenvalue weighted by Crippen LogP contribution is 2.13. The van der Waals surface area contributed by atoms with E-state index in [1.54, 1.807) is 6.33 Å². The first-order valence-electron chi connectivity index (χ1n) is 7.19. The van der Waals surface area contributed by atoms with E-state index in [0.717, 1.165) is 11.3 Å². The van der Waals surface area contributed by atoms with Crippen molar-refractivity contribution in [1.29, 1.82) is 0 Å². The Balaban J connectivity index is 0.000000156. The van der Waals surface area contributed by atoms with Crippen LogP contribution in [0, 0.1) is 0 Å². The molecule has 0 aliphatic heterocycles. The maximum atomic E-state index is 5.68. The molecule has 5 rings (SSSR count). The number of aromatic nitrogens is 10. The van der Waals surface area contributed by atoms with E-state index in [9.17, 15) is 0 Å². The van der Waals surface area contributed by atoms with Crippen LogP contribution < -0.4 is 17.0 Å². The molecule has 0 spiro atoms. The van der Waals surface area contributed by atoms with Crippen molar-refractivity contribution in [3.63, 3.8) is 0 Å². The number of H-pyrrole nitrogens is 2. The summed E-state index contributed by atoms with van der Waals surface area (Å²) in [5.41, 5.74) is 2.80. The van der Waals surface area contributed by atoms with Gasteiger partial charge in [0.05, 0.1) is 19.7 Å². The molecule has 0 aromatic carbocycles. The minimum atomic E-state index is 0. The van der Waals surface area contributed by atoms with Crippen LogP contribution in [0.5, 0.6) is 0 Å². The molecule has 5 heterocycles. The van der Waals surface area contributed by atoms with Gasteiger partial charge in [-0.25, -0.2) is 29.5 Å². The summed E-state index contributed by atoms with van der Waals surface area (Å²) < 4.78 is 3.87. The molecule has 12 heteroatoms. The van der Waals surface area contributed by atoms with Gasteiger partial charge in [0.25, 0.3) is 5.82 Å². The Labute approximate surface area is 157 Å². The van der Waals surface area contributed by atoms with Crippen LogP contribution in [0.15, 0.2) is 44.0 Å². The van der Waals surface area contributed by atoms with Gasteiger partial charge in [-0.2, -0.15) is 9.55 Å². The Kier molecular flexibility index (Phi) is 5.05. The summed E-state index contributed by atoms with van der Waals surface area (Å²) in [6.07, 6.45) is 11.9. The molecule has 0 radical (unpaired) electrons. The van der Waals surface area contributed by atoms with Gasteiger partial charge in [-0.3, -0.25) is 0 Å². The Morgan fingerprint density at radius 3 is 2.23 bits per heavy atom. The fourth-order valence-electron chi connectivity index (χ4n) is 2.26. The molecule has 0 saturated heterocycles. The second kappa shape index (κ2) is 7.42. The topological polar surface area (TPSA) is 118 Å². The summed E-state index contributed by atoms with van der Waals surface area (Å²) in [4.78, 5) is 29.7. The van der Waals surface area contributed by atoms with Gasteiger partial charge < -0.3 is 22.4 Å². The van der Waals surface area contributed by atoms with Crippen LogP contribution >= 0.6 is 11.6 Å². The zero-order valence-corrected chi connectivity index (χ0v) is 14.9. The average molecular weight is 391 g/mol. The first-order chi connectivity index (χ1) is 12.2. The summed E-state index contributed by atoms with van der Waals surface area (Å²) in [5.74, 6) is 0.804. The predicted molar refractivity (Wildman–Crippen MR) is 88.9 cm³/mol. The molecule has 132 valence electrons. The molecule has 2 N–H and O–H groups in total. The van der Waals surface area contributed by atoms with Crippen molar-refractivity contribution in [3.05, 3.63) is 49.2 Å². The quantitative estimate of drug-likeness (QED) is 0.252. The van der Waals surface area contributed by atoms with Crippen LogP contribution in [-0.2, 0) is 7.05 Å². The highest BCUT2D eigenvalue weighted by Gasteiger charge is 2.12. The van der Waals surface area contributed by atoms with Gasteiger partial charge in [0, 0.05) is 0 Å².